The molecule has 0 spiro atoms. The Labute approximate surface area is 120 Å². The number of ether oxygens (including phenoxy) is 1. The Morgan fingerprint density at radius 1 is 1.35 bits per heavy atom. The fourth-order valence-corrected chi connectivity index (χ4v) is 3.71. The van der Waals surface area contributed by atoms with Crippen LogP contribution in [0.25, 0.3) is 0 Å². The van der Waals surface area contributed by atoms with Crippen LogP contribution in [0, 0.1) is 6.92 Å². The van der Waals surface area contributed by atoms with Gasteiger partial charge in [-0.15, -0.1) is 0 Å². The number of aryl methyl sites for hydroxylation is 1. The van der Waals surface area contributed by atoms with Crippen molar-refractivity contribution in [3.8, 4) is 0 Å². The number of rotatable bonds is 3. The molecule has 1 aliphatic heterocycles. The van der Waals surface area contributed by atoms with Crippen molar-refractivity contribution in [1.29, 1.82) is 0 Å². The minimum atomic E-state index is -0.555. The molecule has 2 aliphatic rings. The minimum absolute atomic E-state index is 0.182. The first-order valence-corrected chi connectivity index (χ1v) is 7.72. The van der Waals surface area contributed by atoms with E-state index in [9.17, 15) is 4.79 Å². The number of hydrogen-bond donors (Lipinski definition) is 0. The summed E-state index contributed by atoms with van der Waals surface area (Å²) in [6, 6.07) is 6.24. The summed E-state index contributed by atoms with van der Waals surface area (Å²) in [5, 5.41) is 0. The third-order valence-corrected chi connectivity index (χ3v) is 4.73. The SMILES string of the molecule is CCOC1(C(=O)N2CCc3c(C)cccc32)CCCC1. The molecule has 0 bridgehead atoms. The van der Waals surface area contributed by atoms with Crippen molar-refractivity contribution in [3.05, 3.63) is 29.3 Å². The van der Waals surface area contributed by atoms with Crippen LogP contribution in [0.5, 0.6) is 0 Å². The van der Waals surface area contributed by atoms with Crippen molar-refractivity contribution in [2.45, 2.75) is 51.6 Å². The molecular weight excluding hydrogens is 250 g/mol. The van der Waals surface area contributed by atoms with E-state index in [0.29, 0.717) is 6.61 Å². The molecule has 1 aliphatic carbocycles. The van der Waals surface area contributed by atoms with E-state index in [1.54, 1.807) is 0 Å². The van der Waals surface area contributed by atoms with Crippen LogP contribution in [-0.2, 0) is 16.0 Å². The largest absolute Gasteiger partial charge is 0.365 e. The third kappa shape index (κ3) is 2.05. The molecule has 1 heterocycles. The van der Waals surface area contributed by atoms with Gasteiger partial charge in [0.1, 0.15) is 5.60 Å². The molecule has 3 nitrogen and oxygen atoms in total. The maximum atomic E-state index is 13.0. The topological polar surface area (TPSA) is 29.5 Å². The molecule has 0 unspecified atom stereocenters. The Morgan fingerprint density at radius 2 is 2.10 bits per heavy atom. The fourth-order valence-electron chi connectivity index (χ4n) is 3.71. The lowest BCUT2D eigenvalue weighted by Crippen LogP contribution is -2.49. The van der Waals surface area contributed by atoms with Crippen LogP contribution >= 0.6 is 0 Å². The van der Waals surface area contributed by atoms with Crippen LogP contribution in [0.1, 0.15) is 43.7 Å². The summed E-state index contributed by atoms with van der Waals surface area (Å²) in [5.74, 6) is 0.182. The highest BCUT2D eigenvalue weighted by Gasteiger charge is 2.46. The van der Waals surface area contributed by atoms with E-state index in [4.69, 9.17) is 4.74 Å². The highest BCUT2D eigenvalue weighted by Crippen LogP contribution is 2.39. The van der Waals surface area contributed by atoms with Crippen LogP contribution < -0.4 is 4.90 Å². The van der Waals surface area contributed by atoms with E-state index in [1.165, 1.54) is 11.1 Å². The lowest BCUT2D eigenvalue weighted by atomic mass is 9.99. The molecule has 0 saturated heterocycles. The molecule has 0 radical (unpaired) electrons. The molecule has 108 valence electrons. The number of benzene rings is 1. The Hall–Kier alpha value is -1.35. The number of fused-ring (bicyclic) bond motifs is 1. The molecule has 1 aromatic rings. The lowest BCUT2D eigenvalue weighted by molar-refractivity contribution is -0.142. The molecule has 1 aromatic carbocycles. The molecule has 3 heteroatoms. The van der Waals surface area contributed by atoms with Crippen LogP contribution in [-0.4, -0.2) is 24.7 Å². The average molecular weight is 273 g/mol. The van der Waals surface area contributed by atoms with Gasteiger partial charge in [-0.1, -0.05) is 12.1 Å². The standard InChI is InChI=1S/C17H23NO2/c1-3-20-17(10-4-5-11-17)16(19)18-12-9-14-13(2)7-6-8-15(14)18/h6-8H,3-5,9-12H2,1-2H3. The minimum Gasteiger partial charge on any atom is -0.365 e. The molecule has 0 aromatic heterocycles. The smallest absolute Gasteiger partial charge is 0.259 e. The Bertz CT molecular complexity index is 518. The van der Waals surface area contributed by atoms with Gasteiger partial charge in [0, 0.05) is 18.8 Å². The molecule has 3 rings (SSSR count). The summed E-state index contributed by atoms with van der Waals surface area (Å²) in [5.41, 5.74) is 3.15. The number of nitrogens with zero attached hydrogens (tertiary/aromatic N) is 1. The highest BCUT2D eigenvalue weighted by molar-refractivity contribution is 6.01. The predicted octanol–water partition coefficient (Wildman–Crippen LogP) is 3.23. The number of carbonyl (C=O) groups excluding carboxylic acids is 1. The van der Waals surface area contributed by atoms with Crippen molar-refractivity contribution < 1.29 is 9.53 Å². The van der Waals surface area contributed by atoms with Gasteiger partial charge in [-0.25, -0.2) is 0 Å². The fraction of sp³-hybridized carbons (Fsp3) is 0.588. The molecular formula is C17H23NO2. The summed E-state index contributed by atoms with van der Waals surface area (Å²) in [6.45, 7) is 5.52. The number of amides is 1. The van der Waals surface area contributed by atoms with Gasteiger partial charge in [0.2, 0.25) is 0 Å². The van der Waals surface area contributed by atoms with Gasteiger partial charge < -0.3 is 9.64 Å². The first kappa shape index (κ1) is 13.6. The normalized spacial score (nSPS) is 20.2. The monoisotopic (exact) mass is 273 g/mol. The third-order valence-electron chi connectivity index (χ3n) is 4.73. The molecule has 20 heavy (non-hydrogen) atoms. The predicted molar refractivity (Wildman–Crippen MR) is 80.1 cm³/mol. The summed E-state index contributed by atoms with van der Waals surface area (Å²) in [7, 11) is 0. The van der Waals surface area contributed by atoms with E-state index in [-0.39, 0.29) is 5.91 Å². The van der Waals surface area contributed by atoms with Crippen molar-refractivity contribution in [3.63, 3.8) is 0 Å². The zero-order chi connectivity index (χ0) is 14.2. The first-order valence-electron chi connectivity index (χ1n) is 7.72. The summed E-state index contributed by atoms with van der Waals surface area (Å²) in [6.07, 6.45) is 4.91. The van der Waals surface area contributed by atoms with Gasteiger partial charge in [-0.2, -0.15) is 0 Å². The van der Waals surface area contributed by atoms with Crippen molar-refractivity contribution >= 4 is 11.6 Å². The van der Waals surface area contributed by atoms with Crippen LogP contribution in [0.3, 0.4) is 0 Å². The molecule has 1 saturated carbocycles. The summed E-state index contributed by atoms with van der Waals surface area (Å²) in [4.78, 5) is 15.0. The zero-order valence-corrected chi connectivity index (χ0v) is 12.4. The molecule has 0 atom stereocenters. The first-order chi connectivity index (χ1) is 9.68. The van der Waals surface area contributed by atoms with Gasteiger partial charge in [-0.3, -0.25) is 4.79 Å². The maximum absolute atomic E-state index is 13.0. The Kier molecular flexibility index (Phi) is 3.55. The second-order valence-electron chi connectivity index (χ2n) is 5.91. The van der Waals surface area contributed by atoms with Gasteiger partial charge in [0.15, 0.2) is 0 Å². The van der Waals surface area contributed by atoms with Gasteiger partial charge in [0.25, 0.3) is 5.91 Å². The second kappa shape index (κ2) is 5.21. The number of anilines is 1. The molecule has 1 amide bonds. The number of carbonyl (C=O) groups is 1. The number of hydrogen-bond acceptors (Lipinski definition) is 2. The Morgan fingerprint density at radius 3 is 2.80 bits per heavy atom. The van der Waals surface area contributed by atoms with E-state index in [1.807, 2.05) is 17.9 Å². The quantitative estimate of drug-likeness (QED) is 0.846. The van der Waals surface area contributed by atoms with E-state index >= 15 is 0 Å². The summed E-state index contributed by atoms with van der Waals surface area (Å²) < 4.78 is 5.92. The highest BCUT2D eigenvalue weighted by atomic mass is 16.5. The van der Waals surface area contributed by atoms with Crippen LogP contribution in [0.15, 0.2) is 18.2 Å². The Balaban J connectivity index is 1.91. The van der Waals surface area contributed by atoms with E-state index in [0.717, 1.165) is 44.3 Å². The van der Waals surface area contributed by atoms with Gasteiger partial charge >= 0.3 is 0 Å². The van der Waals surface area contributed by atoms with Gasteiger partial charge in [-0.05, 0) is 63.1 Å². The van der Waals surface area contributed by atoms with E-state index in [2.05, 4.69) is 19.1 Å². The molecule has 1 fully saturated rings. The van der Waals surface area contributed by atoms with Crippen molar-refractivity contribution in [2.75, 3.05) is 18.1 Å². The molecule has 0 N–H and O–H groups in total. The lowest BCUT2D eigenvalue weighted by Gasteiger charge is -2.32. The van der Waals surface area contributed by atoms with Crippen LogP contribution in [0.2, 0.25) is 0 Å². The maximum Gasteiger partial charge on any atom is 0.259 e. The summed E-state index contributed by atoms with van der Waals surface area (Å²) >= 11 is 0. The average Bonchev–Trinajstić information content (AvgIpc) is 3.06. The zero-order valence-electron chi connectivity index (χ0n) is 12.4. The van der Waals surface area contributed by atoms with Crippen LogP contribution in [0.4, 0.5) is 5.69 Å². The van der Waals surface area contributed by atoms with Crippen molar-refractivity contribution in [1.82, 2.24) is 0 Å². The van der Waals surface area contributed by atoms with Gasteiger partial charge in [0.05, 0.1) is 0 Å². The van der Waals surface area contributed by atoms with E-state index < -0.39 is 5.60 Å². The second-order valence-corrected chi connectivity index (χ2v) is 5.91. The van der Waals surface area contributed by atoms with Crippen molar-refractivity contribution in [2.24, 2.45) is 0 Å².